The first-order valence-corrected chi connectivity index (χ1v) is 12.0. The van der Waals surface area contributed by atoms with E-state index in [9.17, 15) is 4.79 Å². The van der Waals surface area contributed by atoms with Crippen LogP contribution >= 0.6 is 0 Å². The molecule has 0 bridgehead atoms. The van der Waals surface area contributed by atoms with Crippen molar-refractivity contribution >= 4 is 22.6 Å². The summed E-state index contributed by atoms with van der Waals surface area (Å²) >= 11 is 0. The minimum absolute atomic E-state index is 0.0955. The summed E-state index contributed by atoms with van der Waals surface area (Å²) in [5.41, 5.74) is 5.94. The molecular formula is C28H32N4O2. The molecule has 4 aromatic rings. The van der Waals surface area contributed by atoms with Crippen LogP contribution in [-0.2, 0) is 6.42 Å². The van der Waals surface area contributed by atoms with Crippen LogP contribution < -0.4 is 10.1 Å². The zero-order valence-corrected chi connectivity index (χ0v) is 20.3. The molecule has 1 unspecified atom stereocenters. The monoisotopic (exact) mass is 456 g/mol. The third-order valence-electron chi connectivity index (χ3n) is 5.97. The lowest BCUT2D eigenvalue weighted by molar-refractivity contribution is 0.102. The predicted molar refractivity (Wildman–Crippen MR) is 137 cm³/mol. The van der Waals surface area contributed by atoms with E-state index < -0.39 is 0 Å². The van der Waals surface area contributed by atoms with Crippen LogP contribution in [-0.4, -0.2) is 27.0 Å². The first kappa shape index (κ1) is 23.5. The van der Waals surface area contributed by atoms with Gasteiger partial charge >= 0.3 is 0 Å². The summed E-state index contributed by atoms with van der Waals surface area (Å²) in [5, 5.41) is 12.3. The van der Waals surface area contributed by atoms with E-state index in [0.717, 1.165) is 35.1 Å². The molecule has 6 heteroatoms. The summed E-state index contributed by atoms with van der Waals surface area (Å²) in [6.45, 7) is 8.24. The van der Waals surface area contributed by atoms with Gasteiger partial charge < -0.3 is 10.1 Å². The Kier molecular flexibility index (Phi) is 7.26. The van der Waals surface area contributed by atoms with Crippen molar-refractivity contribution in [2.75, 3.05) is 5.32 Å². The molecule has 1 heterocycles. The Balaban J connectivity index is 1.53. The van der Waals surface area contributed by atoms with Crippen LogP contribution in [0.1, 0.15) is 61.5 Å². The van der Waals surface area contributed by atoms with Gasteiger partial charge in [0.05, 0.1) is 11.8 Å². The summed E-state index contributed by atoms with van der Waals surface area (Å²) in [4.78, 5) is 14.6. The normalized spacial score (nSPS) is 12.0. The highest BCUT2D eigenvalue weighted by molar-refractivity contribution is 6.05. The maximum absolute atomic E-state index is 12.9. The van der Waals surface area contributed by atoms with Crippen molar-refractivity contribution in [3.63, 3.8) is 0 Å². The van der Waals surface area contributed by atoms with Crippen molar-refractivity contribution in [3.8, 4) is 11.4 Å². The number of unbranched alkanes of at least 4 members (excludes halogenated alkanes) is 1. The molecule has 1 N–H and O–H groups in total. The first-order chi connectivity index (χ1) is 16.5. The number of nitrogens with zero attached hydrogens (tertiary/aromatic N) is 3. The summed E-state index contributed by atoms with van der Waals surface area (Å²) in [6, 6.07) is 19.5. The number of amides is 1. The number of ether oxygens (including phenoxy) is 1. The van der Waals surface area contributed by atoms with E-state index in [0.29, 0.717) is 17.0 Å². The summed E-state index contributed by atoms with van der Waals surface area (Å²) < 4.78 is 5.86. The zero-order chi connectivity index (χ0) is 24.1. The largest absolute Gasteiger partial charge is 0.491 e. The number of aryl methyl sites for hydroxylation is 2. The highest BCUT2D eigenvalue weighted by Gasteiger charge is 2.13. The van der Waals surface area contributed by atoms with Crippen molar-refractivity contribution in [1.82, 2.24) is 15.0 Å². The molecule has 0 aliphatic rings. The molecular weight excluding hydrogens is 424 g/mol. The number of hydrogen-bond donors (Lipinski definition) is 1. The van der Waals surface area contributed by atoms with Gasteiger partial charge in [0.1, 0.15) is 16.8 Å². The lowest BCUT2D eigenvalue weighted by atomic mass is 10.1. The molecule has 1 amide bonds. The highest BCUT2D eigenvalue weighted by atomic mass is 16.5. The maximum Gasteiger partial charge on any atom is 0.255 e. The Morgan fingerprint density at radius 1 is 1.03 bits per heavy atom. The average Bonchev–Trinajstić information content (AvgIpc) is 3.26. The Hall–Kier alpha value is -3.67. The lowest BCUT2D eigenvalue weighted by Gasteiger charge is -2.13. The molecule has 1 aromatic heterocycles. The van der Waals surface area contributed by atoms with Gasteiger partial charge in [0.15, 0.2) is 0 Å². The predicted octanol–water partition coefficient (Wildman–Crippen LogP) is 6.50. The van der Waals surface area contributed by atoms with Gasteiger partial charge in [-0.25, -0.2) is 0 Å². The minimum Gasteiger partial charge on any atom is -0.491 e. The Labute approximate surface area is 200 Å². The molecule has 0 fully saturated rings. The molecule has 4 rings (SSSR count). The standard InChI is InChI=1S/C28H32N4O2/c1-5-7-9-21-12-14-23(15-13-21)32-30-26-16-19(3)25(18-27(26)31-32)29-28(33)22-10-8-11-24(17-22)34-20(4)6-2/h8,10-18,20H,5-7,9H2,1-4H3,(H,29,33). The first-order valence-electron chi connectivity index (χ1n) is 12.0. The number of aromatic nitrogens is 3. The number of rotatable bonds is 9. The fourth-order valence-electron chi connectivity index (χ4n) is 3.72. The maximum atomic E-state index is 12.9. The molecule has 0 aliphatic heterocycles. The van der Waals surface area contributed by atoms with Gasteiger partial charge in [0.25, 0.3) is 5.91 Å². The number of nitrogens with one attached hydrogen (secondary N) is 1. The molecule has 0 spiro atoms. The van der Waals surface area contributed by atoms with Crippen LogP contribution in [0, 0.1) is 6.92 Å². The van der Waals surface area contributed by atoms with E-state index >= 15 is 0 Å². The van der Waals surface area contributed by atoms with E-state index in [1.807, 2.05) is 50.2 Å². The minimum atomic E-state index is -0.188. The summed E-state index contributed by atoms with van der Waals surface area (Å²) in [7, 11) is 0. The number of carbonyl (C=O) groups excluding carboxylic acids is 1. The Morgan fingerprint density at radius 2 is 1.76 bits per heavy atom. The highest BCUT2D eigenvalue weighted by Crippen LogP contribution is 2.24. The third kappa shape index (κ3) is 5.45. The molecule has 34 heavy (non-hydrogen) atoms. The average molecular weight is 457 g/mol. The van der Waals surface area contributed by atoms with E-state index in [2.05, 4.69) is 41.5 Å². The van der Waals surface area contributed by atoms with Gasteiger partial charge in [-0.05, 0) is 86.7 Å². The van der Waals surface area contributed by atoms with Gasteiger partial charge in [-0.3, -0.25) is 4.79 Å². The second-order valence-corrected chi connectivity index (χ2v) is 8.73. The third-order valence-corrected chi connectivity index (χ3v) is 5.97. The van der Waals surface area contributed by atoms with Gasteiger partial charge in [-0.1, -0.05) is 38.5 Å². The Morgan fingerprint density at radius 3 is 2.47 bits per heavy atom. The van der Waals surface area contributed by atoms with Crippen LogP contribution in [0.15, 0.2) is 60.7 Å². The smallest absolute Gasteiger partial charge is 0.255 e. The second kappa shape index (κ2) is 10.5. The van der Waals surface area contributed by atoms with E-state index in [1.165, 1.54) is 18.4 Å². The SMILES string of the molecule is CCCCc1ccc(-n2nc3cc(C)c(NC(=O)c4cccc(OC(C)CC)c4)cc3n2)cc1. The second-order valence-electron chi connectivity index (χ2n) is 8.73. The topological polar surface area (TPSA) is 69.0 Å². The van der Waals surface area contributed by atoms with Crippen molar-refractivity contribution < 1.29 is 9.53 Å². The molecule has 3 aromatic carbocycles. The number of benzene rings is 3. The van der Waals surface area contributed by atoms with Crippen molar-refractivity contribution in [3.05, 3.63) is 77.4 Å². The summed E-state index contributed by atoms with van der Waals surface area (Å²) in [6.07, 6.45) is 4.45. The number of hydrogen-bond acceptors (Lipinski definition) is 4. The van der Waals surface area contributed by atoms with Crippen LogP contribution in [0.4, 0.5) is 5.69 Å². The van der Waals surface area contributed by atoms with Crippen molar-refractivity contribution in [2.24, 2.45) is 0 Å². The molecule has 6 nitrogen and oxygen atoms in total. The van der Waals surface area contributed by atoms with Gasteiger partial charge in [-0.2, -0.15) is 4.80 Å². The zero-order valence-electron chi connectivity index (χ0n) is 20.3. The fraction of sp³-hybridized carbons (Fsp3) is 0.321. The summed E-state index contributed by atoms with van der Waals surface area (Å²) in [5.74, 6) is 0.505. The number of anilines is 1. The number of carbonyl (C=O) groups is 1. The van der Waals surface area contributed by atoms with Gasteiger partial charge in [0.2, 0.25) is 0 Å². The lowest BCUT2D eigenvalue weighted by Crippen LogP contribution is -2.14. The molecule has 176 valence electrons. The molecule has 0 saturated carbocycles. The van der Waals surface area contributed by atoms with E-state index in [1.54, 1.807) is 16.9 Å². The van der Waals surface area contributed by atoms with Gasteiger partial charge in [0, 0.05) is 11.3 Å². The molecule has 0 radical (unpaired) electrons. The van der Waals surface area contributed by atoms with Crippen LogP contribution in [0.3, 0.4) is 0 Å². The fourth-order valence-corrected chi connectivity index (χ4v) is 3.72. The molecule has 0 saturated heterocycles. The van der Waals surface area contributed by atoms with Crippen molar-refractivity contribution in [1.29, 1.82) is 0 Å². The van der Waals surface area contributed by atoms with Crippen molar-refractivity contribution in [2.45, 2.75) is 59.5 Å². The van der Waals surface area contributed by atoms with Crippen LogP contribution in [0.25, 0.3) is 16.7 Å². The Bertz CT molecular complexity index is 1280. The van der Waals surface area contributed by atoms with E-state index in [4.69, 9.17) is 4.74 Å². The van der Waals surface area contributed by atoms with Gasteiger partial charge in [-0.15, -0.1) is 10.2 Å². The van der Waals surface area contributed by atoms with Crippen LogP contribution in [0.5, 0.6) is 5.75 Å². The molecule has 0 aliphatic carbocycles. The van der Waals surface area contributed by atoms with Crippen LogP contribution in [0.2, 0.25) is 0 Å². The van der Waals surface area contributed by atoms with E-state index in [-0.39, 0.29) is 12.0 Å². The quantitative estimate of drug-likeness (QED) is 0.312. The molecule has 1 atom stereocenters. The number of fused-ring (bicyclic) bond motifs is 1.